The molecule has 0 radical (unpaired) electrons. The maximum atomic E-state index is 3.37. The molecule has 1 aromatic rings. The Kier molecular flexibility index (Phi) is 12.7. The molecule has 1 aromatic carbocycles. The second-order valence-corrected chi connectivity index (χ2v) is 5.15. The van der Waals surface area contributed by atoms with Gasteiger partial charge in [-0.15, -0.1) is 0 Å². The zero-order chi connectivity index (χ0) is 11.8. The van der Waals surface area contributed by atoms with E-state index in [4.69, 9.17) is 0 Å². The molecule has 4 heteroatoms. The first-order chi connectivity index (χ1) is 7.51. The zero-order valence-electron chi connectivity index (χ0n) is 12.2. The van der Waals surface area contributed by atoms with E-state index in [9.17, 15) is 0 Å². The fourth-order valence-electron chi connectivity index (χ4n) is 2.14. The largest absolute Gasteiger partial charge is 4.00 e. The fourth-order valence-corrected chi connectivity index (χ4v) is 2.14. The maximum Gasteiger partial charge on any atom is 4.00 e. The number of hydrogen-bond acceptors (Lipinski definition) is 0. The van der Waals surface area contributed by atoms with Crippen molar-refractivity contribution in [1.29, 1.82) is 0 Å². The molecule has 0 unspecified atom stereocenters. The predicted octanol–water partition coefficient (Wildman–Crippen LogP) is -4.72. The van der Waals surface area contributed by atoms with Crippen LogP contribution in [0, 0.1) is 19.9 Å². The molecule has 0 saturated carbocycles. The van der Waals surface area contributed by atoms with Gasteiger partial charge in [-0.25, -0.2) is 12.2 Å². The van der Waals surface area contributed by atoms with Crippen molar-refractivity contribution in [2.24, 2.45) is 0 Å². The molecule has 0 aliphatic heterocycles. The van der Waals surface area contributed by atoms with Gasteiger partial charge in [0.25, 0.3) is 0 Å². The minimum absolute atomic E-state index is 0. The molecule has 2 rings (SSSR count). The topological polar surface area (TPSA) is 0 Å². The third-order valence-electron chi connectivity index (χ3n) is 3.68. The Bertz CT molecular complexity index is 477. The summed E-state index contributed by atoms with van der Waals surface area (Å²) in [6, 6.07) is 6.77. The minimum atomic E-state index is 0. The Hall–Kier alpha value is 0.284. The molecule has 0 heterocycles. The van der Waals surface area contributed by atoms with Crippen LogP contribution in [0.15, 0.2) is 35.9 Å². The Morgan fingerprint density at radius 2 is 1.60 bits per heavy atom. The summed E-state index contributed by atoms with van der Waals surface area (Å²) >= 11 is 0. The van der Waals surface area contributed by atoms with Gasteiger partial charge in [-0.1, -0.05) is 38.5 Å². The van der Waals surface area contributed by atoms with Gasteiger partial charge in [-0.3, -0.25) is 6.08 Å². The fraction of sp³-hybridized carbons (Fsp3) is 0.375. The molecule has 0 spiro atoms. The molecule has 0 N–H and O–H groups in total. The summed E-state index contributed by atoms with van der Waals surface area (Å²) in [5, 5.41) is 0. The monoisotopic (exact) mass is 364 g/mol. The third-order valence-corrected chi connectivity index (χ3v) is 3.68. The van der Waals surface area contributed by atoms with Crippen LogP contribution in [0.4, 0.5) is 0 Å². The number of rotatable bonds is 2. The molecule has 0 fully saturated rings. The van der Waals surface area contributed by atoms with Gasteiger partial charge in [0.15, 0.2) is 0 Å². The number of benzene rings is 1. The van der Waals surface area contributed by atoms with Crippen molar-refractivity contribution in [2.45, 2.75) is 39.5 Å². The van der Waals surface area contributed by atoms with Crippen molar-refractivity contribution in [3.05, 3.63) is 58.7 Å². The molecule has 1 aliphatic carbocycles. The van der Waals surface area contributed by atoms with Crippen LogP contribution in [-0.2, 0) is 27.1 Å². The maximum absolute atomic E-state index is 3.37. The van der Waals surface area contributed by atoms with Crippen molar-refractivity contribution in [1.82, 2.24) is 0 Å². The molecule has 0 nitrogen and oxygen atoms in total. The Morgan fingerprint density at radius 1 is 1.00 bits per heavy atom. The first-order valence-electron chi connectivity index (χ1n) is 5.87. The third kappa shape index (κ3) is 5.24. The average Bonchev–Trinajstić information content (AvgIpc) is 2.75. The molecule has 1 aliphatic rings. The Morgan fingerprint density at radius 3 is 2.05 bits per heavy atom. The summed E-state index contributed by atoms with van der Waals surface area (Å²) in [6.07, 6.45) is 8.63. The average molecular weight is 366 g/mol. The Labute approximate surface area is 156 Å². The van der Waals surface area contributed by atoms with Crippen molar-refractivity contribution in [3.8, 4) is 0 Å². The van der Waals surface area contributed by atoms with E-state index in [1.807, 2.05) is 6.08 Å². The van der Waals surface area contributed by atoms with Crippen molar-refractivity contribution < 1.29 is 58.9 Å². The molecule has 20 heavy (non-hydrogen) atoms. The van der Waals surface area contributed by atoms with Crippen LogP contribution in [-0.4, -0.2) is 0 Å². The van der Waals surface area contributed by atoms with E-state index in [-0.39, 0.29) is 64.4 Å². The van der Waals surface area contributed by atoms with Gasteiger partial charge in [0, 0.05) is 0 Å². The zero-order valence-corrected chi connectivity index (χ0v) is 16.1. The van der Waals surface area contributed by atoms with E-state index in [1.165, 1.54) is 22.3 Å². The number of hydrogen-bond donors (Lipinski definition) is 0. The second kappa shape index (κ2) is 10.1. The van der Waals surface area contributed by atoms with Crippen molar-refractivity contribution >= 4 is 0 Å². The number of halogens is 3. The number of aryl methyl sites for hydroxylation is 2. The van der Waals surface area contributed by atoms with Crippen LogP contribution < -0.4 is 37.2 Å². The minimum Gasteiger partial charge on any atom is -1.00 e. The standard InChI is InChI=1S/C16H19.3ClH.Ti/c1-12-9-10-15(11-13(12)2)16(3,4)14-7-5-6-8-14;;;;/h5-6,9-11H,7H2,1-4H3;3*1H;/q-1;;;;+4/p-3. The Balaban J connectivity index is -0.000000722. The molecule has 0 bridgehead atoms. The predicted molar refractivity (Wildman–Crippen MR) is 69.5 cm³/mol. The van der Waals surface area contributed by atoms with Gasteiger partial charge in [0.1, 0.15) is 0 Å². The van der Waals surface area contributed by atoms with E-state index in [0.717, 1.165) is 6.42 Å². The quantitative estimate of drug-likeness (QED) is 0.365. The SMILES string of the molecule is Cc1ccc(C(C)(C)C2=[C-]C=CC2)cc1C.[Cl-].[Cl-].[Cl-].[Ti+4]. The molecular formula is C16H19Cl3Ti. The normalized spacial score (nSPS) is 12.3. The van der Waals surface area contributed by atoms with Crippen LogP contribution in [0.25, 0.3) is 0 Å². The summed E-state index contributed by atoms with van der Waals surface area (Å²) in [5.74, 6) is 0. The van der Waals surface area contributed by atoms with Crippen LogP contribution >= 0.6 is 0 Å². The van der Waals surface area contributed by atoms with Crippen LogP contribution in [0.3, 0.4) is 0 Å². The van der Waals surface area contributed by atoms with Crippen LogP contribution in [0.1, 0.15) is 37.0 Å². The van der Waals surface area contributed by atoms with Gasteiger partial charge in [-0.2, -0.15) is 5.57 Å². The van der Waals surface area contributed by atoms with Crippen LogP contribution in [0.5, 0.6) is 0 Å². The molecule has 0 amide bonds. The van der Waals surface area contributed by atoms with E-state index in [2.05, 4.69) is 58.0 Å². The van der Waals surface area contributed by atoms with E-state index >= 15 is 0 Å². The van der Waals surface area contributed by atoms with Crippen molar-refractivity contribution in [3.63, 3.8) is 0 Å². The summed E-state index contributed by atoms with van der Waals surface area (Å²) in [5.41, 5.74) is 5.61. The van der Waals surface area contributed by atoms with Gasteiger partial charge in [-0.05, 0) is 36.0 Å². The molecule has 0 atom stereocenters. The number of allylic oxidation sites excluding steroid dienone is 4. The van der Waals surface area contributed by atoms with E-state index in [1.54, 1.807) is 0 Å². The van der Waals surface area contributed by atoms with E-state index < -0.39 is 0 Å². The second-order valence-electron chi connectivity index (χ2n) is 5.15. The summed E-state index contributed by atoms with van der Waals surface area (Å²) in [6.45, 7) is 8.91. The summed E-state index contributed by atoms with van der Waals surface area (Å²) < 4.78 is 0. The molecule has 0 aromatic heterocycles. The van der Waals surface area contributed by atoms with Gasteiger partial charge < -0.3 is 37.2 Å². The molecular weight excluding hydrogens is 346 g/mol. The molecule has 0 saturated heterocycles. The summed E-state index contributed by atoms with van der Waals surface area (Å²) in [7, 11) is 0. The molecule has 108 valence electrons. The van der Waals surface area contributed by atoms with Gasteiger partial charge in [0.05, 0.1) is 0 Å². The first kappa shape index (κ1) is 25.3. The van der Waals surface area contributed by atoms with Crippen LogP contribution in [0.2, 0.25) is 0 Å². The van der Waals surface area contributed by atoms with Gasteiger partial charge >= 0.3 is 21.7 Å². The van der Waals surface area contributed by atoms with Gasteiger partial charge in [0.2, 0.25) is 0 Å². The smallest absolute Gasteiger partial charge is 1.00 e. The summed E-state index contributed by atoms with van der Waals surface area (Å²) in [4.78, 5) is 0. The van der Waals surface area contributed by atoms with Crippen molar-refractivity contribution in [2.75, 3.05) is 0 Å². The van der Waals surface area contributed by atoms with E-state index in [0.29, 0.717) is 0 Å². The first-order valence-corrected chi connectivity index (χ1v) is 5.87.